The smallest absolute Gasteiger partial charge is 0.307 e. The van der Waals surface area contributed by atoms with E-state index in [0.717, 1.165) is 59.8 Å². The van der Waals surface area contributed by atoms with E-state index in [4.69, 9.17) is 21.7 Å². The SMILES string of the molecule is CC(C)(C)O.Cc1cc2nc(-c3cnc4c(c3)cc(C)n4C)sc2c(-c2ccc(Cl)cc2)c1CC(=O)O. The van der Waals surface area contributed by atoms with Gasteiger partial charge in [-0.05, 0) is 81.6 Å². The zero-order chi connectivity index (χ0) is 27.1. The second-order valence-corrected chi connectivity index (χ2v) is 11.6. The number of aliphatic carboxylic acids is 1. The van der Waals surface area contributed by atoms with Crippen LogP contribution in [0.3, 0.4) is 0 Å². The summed E-state index contributed by atoms with van der Waals surface area (Å²) < 4.78 is 3.03. The highest BCUT2D eigenvalue weighted by Gasteiger charge is 2.20. The van der Waals surface area contributed by atoms with Crippen LogP contribution < -0.4 is 0 Å². The molecule has 0 saturated heterocycles. The van der Waals surface area contributed by atoms with Gasteiger partial charge in [-0.2, -0.15) is 0 Å². The Morgan fingerprint density at radius 1 is 1.08 bits per heavy atom. The molecule has 8 heteroatoms. The summed E-state index contributed by atoms with van der Waals surface area (Å²) in [5.41, 5.74) is 6.94. The summed E-state index contributed by atoms with van der Waals surface area (Å²) in [4.78, 5) is 21.2. The lowest BCUT2D eigenvalue weighted by atomic mass is 9.93. The van der Waals surface area contributed by atoms with Gasteiger partial charge in [-0.25, -0.2) is 9.97 Å². The molecule has 0 fully saturated rings. The fraction of sp³-hybridized carbons (Fsp3) is 0.276. The number of hydrogen-bond acceptors (Lipinski definition) is 5. The molecule has 6 nitrogen and oxygen atoms in total. The van der Waals surface area contributed by atoms with Crippen LogP contribution in [0.2, 0.25) is 5.02 Å². The van der Waals surface area contributed by atoms with E-state index < -0.39 is 11.6 Å². The minimum atomic E-state index is -0.860. The van der Waals surface area contributed by atoms with Crippen molar-refractivity contribution in [3.63, 3.8) is 0 Å². The Bertz CT molecular complexity index is 1610. The number of nitrogens with zero attached hydrogens (tertiary/aromatic N) is 3. The van der Waals surface area contributed by atoms with Gasteiger partial charge >= 0.3 is 5.97 Å². The van der Waals surface area contributed by atoms with Gasteiger partial charge in [0.2, 0.25) is 0 Å². The van der Waals surface area contributed by atoms with Crippen molar-refractivity contribution in [1.82, 2.24) is 14.5 Å². The number of carbonyl (C=O) groups is 1. The van der Waals surface area contributed by atoms with E-state index in [1.165, 1.54) is 0 Å². The van der Waals surface area contributed by atoms with Gasteiger partial charge < -0.3 is 14.8 Å². The molecule has 0 radical (unpaired) electrons. The molecular weight excluding hydrogens is 506 g/mol. The maximum absolute atomic E-state index is 11.6. The third-order valence-corrected chi connectivity index (χ3v) is 7.22. The first-order chi connectivity index (χ1) is 17.3. The second kappa shape index (κ2) is 10.2. The molecule has 0 aliphatic rings. The molecule has 0 amide bonds. The predicted molar refractivity (Wildman–Crippen MR) is 153 cm³/mol. The Hall–Kier alpha value is -3.26. The van der Waals surface area contributed by atoms with E-state index in [0.29, 0.717) is 5.02 Å². The van der Waals surface area contributed by atoms with Crippen molar-refractivity contribution in [1.29, 1.82) is 0 Å². The van der Waals surface area contributed by atoms with Crippen LogP contribution in [0.15, 0.2) is 48.7 Å². The highest BCUT2D eigenvalue weighted by atomic mass is 35.5. The third kappa shape index (κ3) is 6.01. The average molecular weight is 536 g/mol. The summed E-state index contributed by atoms with van der Waals surface area (Å²) in [5.74, 6) is -0.860. The van der Waals surface area contributed by atoms with Crippen LogP contribution in [0.5, 0.6) is 0 Å². The second-order valence-electron chi connectivity index (χ2n) is 10.1. The molecule has 3 aromatic heterocycles. The number of pyridine rings is 1. The zero-order valence-electron chi connectivity index (χ0n) is 21.8. The van der Waals surface area contributed by atoms with E-state index in [9.17, 15) is 9.90 Å². The zero-order valence-corrected chi connectivity index (χ0v) is 23.3. The summed E-state index contributed by atoms with van der Waals surface area (Å²) in [6.07, 6.45) is 1.80. The van der Waals surface area contributed by atoms with E-state index >= 15 is 0 Å². The van der Waals surface area contributed by atoms with Crippen LogP contribution in [-0.4, -0.2) is 36.3 Å². The molecule has 0 spiro atoms. The van der Waals surface area contributed by atoms with Crippen LogP contribution in [0.25, 0.3) is 42.9 Å². The molecule has 0 aliphatic carbocycles. The van der Waals surface area contributed by atoms with Crippen molar-refractivity contribution in [2.75, 3.05) is 0 Å². The van der Waals surface area contributed by atoms with E-state index in [1.807, 2.05) is 50.5 Å². The average Bonchev–Trinajstić information content (AvgIpc) is 3.33. The minimum Gasteiger partial charge on any atom is -0.481 e. The first-order valence-electron chi connectivity index (χ1n) is 11.9. The number of carboxylic acid groups (broad SMARTS) is 1. The van der Waals surface area contributed by atoms with Gasteiger partial charge in [-0.3, -0.25) is 4.79 Å². The Labute approximate surface area is 225 Å². The predicted octanol–water partition coefficient (Wildman–Crippen LogP) is 7.19. The molecule has 0 bridgehead atoms. The lowest BCUT2D eigenvalue weighted by Crippen LogP contribution is -2.10. The van der Waals surface area contributed by atoms with Crippen molar-refractivity contribution in [2.24, 2.45) is 7.05 Å². The van der Waals surface area contributed by atoms with Crippen LogP contribution in [0.1, 0.15) is 37.6 Å². The van der Waals surface area contributed by atoms with Crippen molar-refractivity contribution >= 4 is 50.2 Å². The maximum atomic E-state index is 11.6. The monoisotopic (exact) mass is 535 g/mol. The standard InChI is InChI=1S/C25H20ClN3O2S.C4H10O/c1-13-8-20-23(22(19(13)11-21(30)31)15-4-6-18(26)7-5-15)32-25(28-20)17-10-16-9-14(2)29(3)24(16)27-12-17;1-4(2,3)5/h4-10,12H,11H2,1-3H3,(H,30,31);5H,1-3H3. The highest BCUT2D eigenvalue weighted by molar-refractivity contribution is 7.22. The molecule has 5 rings (SSSR count). The minimum absolute atomic E-state index is 0.0518. The van der Waals surface area contributed by atoms with Crippen LogP contribution in [0, 0.1) is 13.8 Å². The van der Waals surface area contributed by atoms with E-state index in [1.54, 1.807) is 32.1 Å². The number of benzene rings is 2. The fourth-order valence-corrected chi connectivity index (χ4v) is 5.37. The van der Waals surface area contributed by atoms with Crippen LogP contribution in [-0.2, 0) is 18.3 Å². The number of aryl methyl sites for hydroxylation is 3. The van der Waals surface area contributed by atoms with Gasteiger partial charge in [-0.15, -0.1) is 11.3 Å². The van der Waals surface area contributed by atoms with Crippen molar-refractivity contribution in [3.05, 3.63) is 70.5 Å². The number of rotatable bonds is 4. The topological polar surface area (TPSA) is 88.2 Å². The molecule has 5 aromatic rings. The summed E-state index contributed by atoms with van der Waals surface area (Å²) in [6.45, 7) is 9.23. The number of hydrogen-bond donors (Lipinski definition) is 2. The molecular formula is C29H30ClN3O3S. The normalized spacial score (nSPS) is 11.6. The summed E-state index contributed by atoms with van der Waals surface area (Å²) in [5, 5.41) is 20.6. The molecule has 0 saturated carbocycles. The lowest BCUT2D eigenvalue weighted by Gasteiger charge is -2.13. The van der Waals surface area contributed by atoms with Crippen molar-refractivity contribution in [3.8, 4) is 21.7 Å². The molecule has 3 heterocycles. The first kappa shape index (κ1) is 26.8. The number of fused-ring (bicyclic) bond motifs is 2. The van der Waals surface area contributed by atoms with Gasteiger partial charge in [0.05, 0.1) is 22.2 Å². The number of aromatic nitrogens is 3. The van der Waals surface area contributed by atoms with Gasteiger partial charge in [0.15, 0.2) is 0 Å². The van der Waals surface area contributed by atoms with E-state index in [-0.39, 0.29) is 6.42 Å². The lowest BCUT2D eigenvalue weighted by molar-refractivity contribution is -0.136. The number of thiazole rings is 1. The summed E-state index contributed by atoms with van der Waals surface area (Å²) in [6, 6.07) is 13.7. The number of aliphatic hydroxyl groups is 1. The third-order valence-electron chi connectivity index (χ3n) is 5.83. The summed E-state index contributed by atoms with van der Waals surface area (Å²) in [7, 11) is 2.01. The van der Waals surface area contributed by atoms with Gasteiger partial charge in [-0.1, -0.05) is 23.7 Å². The quantitative estimate of drug-likeness (QED) is 0.254. The highest BCUT2D eigenvalue weighted by Crippen LogP contribution is 2.41. The molecule has 2 N–H and O–H groups in total. The molecule has 37 heavy (non-hydrogen) atoms. The van der Waals surface area contributed by atoms with E-state index in [2.05, 4.69) is 28.6 Å². The Kier molecular flexibility index (Phi) is 7.42. The largest absolute Gasteiger partial charge is 0.481 e. The van der Waals surface area contributed by atoms with Gasteiger partial charge in [0, 0.05) is 40.5 Å². The Morgan fingerprint density at radius 3 is 2.35 bits per heavy atom. The van der Waals surface area contributed by atoms with Crippen LogP contribution >= 0.6 is 22.9 Å². The molecule has 192 valence electrons. The van der Waals surface area contributed by atoms with Gasteiger partial charge in [0.1, 0.15) is 10.7 Å². The van der Waals surface area contributed by atoms with Crippen molar-refractivity contribution < 1.29 is 15.0 Å². The van der Waals surface area contributed by atoms with Crippen LogP contribution in [0.4, 0.5) is 0 Å². The Morgan fingerprint density at radius 2 is 1.73 bits per heavy atom. The Balaban J connectivity index is 0.000000586. The van der Waals surface area contributed by atoms with Gasteiger partial charge in [0.25, 0.3) is 0 Å². The maximum Gasteiger partial charge on any atom is 0.307 e. The molecule has 0 atom stereocenters. The first-order valence-corrected chi connectivity index (χ1v) is 13.1. The molecule has 0 unspecified atom stereocenters. The number of halogens is 1. The number of carboxylic acids is 1. The van der Waals surface area contributed by atoms with Crippen molar-refractivity contribution in [2.45, 2.75) is 46.6 Å². The molecule has 2 aromatic carbocycles. The summed E-state index contributed by atoms with van der Waals surface area (Å²) >= 11 is 7.67. The fourth-order valence-electron chi connectivity index (χ4n) is 4.13. The molecule has 0 aliphatic heterocycles.